The standard InChI is InChI=1S/C12H20N4O/c1-9-8-16(7-5-10(9)13-2)12(17)11-4-6-14-15(11)3/h4,6,9-10,13H,5,7-8H2,1-3H3. The van der Waals surface area contributed by atoms with E-state index >= 15 is 0 Å². The Labute approximate surface area is 102 Å². The molecular formula is C12H20N4O. The number of amides is 1. The second-order valence-electron chi connectivity index (χ2n) is 4.75. The molecule has 94 valence electrons. The van der Waals surface area contributed by atoms with Crippen molar-refractivity contribution >= 4 is 5.91 Å². The van der Waals surface area contributed by atoms with Crippen LogP contribution in [-0.4, -0.2) is 46.8 Å². The molecule has 1 aromatic rings. The molecule has 0 spiro atoms. The molecule has 0 saturated carbocycles. The van der Waals surface area contributed by atoms with Crippen molar-refractivity contribution in [1.29, 1.82) is 0 Å². The van der Waals surface area contributed by atoms with Gasteiger partial charge in [0, 0.05) is 32.4 Å². The third-order valence-electron chi connectivity index (χ3n) is 3.60. The van der Waals surface area contributed by atoms with Crippen LogP contribution >= 0.6 is 0 Å². The summed E-state index contributed by atoms with van der Waals surface area (Å²) in [6.07, 6.45) is 2.68. The van der Waals surface area contributed by atoms with Crippen molar-refractivity contribution < 1.29 is 4.79 Å². The van der Waals surface area contributed by atoms with Gasteiger partial charge in [0.2, 0.25) is 0 Å². The van der Waals surface area contributed by atoms with Crippen molar-refractivity contribution in [3.63, 3.8) is 0 Å². The predicted octanol–water partition coefficient (Wildman–Crippen LogP) is 0.490. The molecule has 2 atom stereocenters. The van der Waals surface area contributed by atoms with E-state index in [1.54, 1.807) is 24.0 Å². The van der Waals surface area contributed by atoms with Crippen LogP contribution in [0.4, 0.5) is 0 Å². The lowest BCUT2D eigenvalue weighted by Gasteiger charge is -2.36. The maximum atomic E-state index is 12.3. The van der Waals surface area contributed by atoms with Crippen LogP contribution in [0, 0.1) is 5.92 Å². The van der Waals surface area contributed by atoms with Gasteiger partial charge in [-0.3, -0.25) is 9.48 Å². The lowest BCUT2D eigenvalue weighted by Crippen LogP contribution is -2.49. The summed E-state index contributed by atoms with van der Waals surface area (Å²) in [5.41, 5.74) is 0.667. The van der Waals surface area contributed by atoms with Crippen molar-refractivity contribution in [1.82, 2.24) is 20.0 Å². The molecule has 5 heteroatoms. The number of aryl methyl sites for hydroxylation is 1. The fourth-order valence-corrected chi connectivity index (χ4v) is 2.50. The summed E-state index contributed by atoms with van der Waals surface area (Å²) in [6, 6.07) is 2.29. The van der Waals surface area contributed by atoms with Gasteiger partial charge >= 0.3 is 0 Å². The van der Waals surface area contributed by atoms with Gasteiger partial charge in [-0.05, 0) is 25.5 Å². The molecule has 1 aromatic heterocycles. The van der Waals surface area contributed by atoms with Crippen LogP contribution in [-0.2, 0) is 7.05 Å². The van der Waals surface area contributed by atoms with Gasteiger partial charge in [0.1, 0.15) is 5.69 Å². The van der Waals surface area contributed by atoms with Crippen molar-refractivity contribution in [3.8, 4) is 0 Å². The summed E-state index contributed by atoms with van der Waals surface area (Å²) in [6.45, 7) is 3.82. The fourth-order valence-electron chi connectivity index (χ4n) is 2.50. The van der Waals surface area contributed by atoms with Gasteiger partial charge in [0.15, 0.2) is 0 Å². The monoisotopic (exact) mass is 236 g/mol. The van der Waals surface area contributed by atoms with Crippen LogP contribution in [0.1, 0.15) is 23.8 Å². The average Bonchev–Trinajstić information content (AvgIpc) is 2.74. The van der Waals surface area contributed by atoms with E-state index < -0.39 is 0 Å². The van der Waals surface area contributed by atoms with Crippen molar-refractivity contribution in [2.24, 2.45) is 13.0 Å². The molecule has 0 bridgehead atoms. The molecule has 1 saturated heterocycles. The number of nitrogens with one attached hydrogen (secondary N) is 1. The molecule has 0 radical (unpaired) electrons. The SMILES string of the molecule is CNC1CCN(C(=O)c2ccnn2C)CC1C. The van der Waals surface area contributed by atoms with Crippen LogP contribution in [0.25, 0.3) is 0 Å². The summed E-state index contributed by atoms with van der Waals surface area (Å²) >= 11 is 0. The van der Waals surface area contributed by atoms with E-state index in [-0.39, 0.29) is 5.91 Å². The Morgan fingerprint density at radius 3 is 2.88 bits per heavy atom. The Bertz CT molecular complexity index is 401. The number of likely N-dealkylation sites (tertiary alicyclic amines) is 1. The number of piperidine rings is 1. The molecule has 2 unspecified atom stereocenters. The smallest absolute Gasteiger partial charge is 0.272 e. The van der Waals surface area contributed by atoms with Crippen LogP contribution < -0.4 is 5.32 Å². The highest BCUT2D eigenvalue weighted by atomic mass is 16.2. The second kappa shape index (κ2) is 4.87. The highest BCUT2D eigenvalue weighted by molar-refractivity contribution is 5.92. The molecule has 0 aliphatic carbocycles. The molecule has 2 rings (SSSR count). The molecule has 0 aromatic carbocycles. The molecule has 1 aliphatic rings. The van der Waals surface area contributed by atoms with Crippen LogP contribution in [0.5, 0.6) is 0 Å². The Morgan fingerprint density at radius 2 is 2.35 bits per heavy atom. The van der Waals surface area contributed by atoms with E-state index in [2.05, 4.69) is 17.3 Å². The molecule has 1 N–H and O–H groups in total. The van der Waals surface area contributed by atoms with Gasteiger partial charge < -0.3 is 10.2 Å². The van der Waals surface area contributed by atoms with Crippen LogP contribution in [0.15, 0.2) is 12.3 Å². The van der Waals surface area contributed by atoms with Crippen molar-refractivity contribution in [3.05, 3.63) is 18.0 Å². The molecule has 5 nitrogen and oxygen atoms in total. The third-order valence-corrected chi connectivity index (χ3v) is 3.60. The number of rotatable bonds is 2. The Hall–Kier alpha value is -1.36. The molecular weight excluding hydrogens is 216 g/mol. The first-order chi connectivity index (χ1) is 8.13. The summed E-state index contributed by atoms with van der Waals surface area (Å²) in [7, 11) is 3.79. The topological polar surface area (TPSA) is 50.2 Å². The van der Waals surface area contributed by atoms with E-state index in [9.17, 15) is 4.79 Å². The normalized spacial score (nSPS) is 25.0. The lowest BCUT2D eigenvalue weighted by atomic mass is 9.94. The summed E-state index contributed by atoms with van der Waals surface area (Å²) in [4.78, 5) is 14.2. The molecule has 1 fully saturated rings. The third kappa shape index (κ3) is 2.34. The molecule has 2 heterocycles. The number of carbonyl (C=O) groups excluding carboxylic acids is 1. The van der Waals surface area contributed by atoms with E-state index in [4.69, 9.17) is 0 Å². The lowest BCUT2D eigenvalue weighted by molar-refractivity contribution is 0.0638. The number of hydrogen-bond donors (Lipinski definition) is 1. The molecule has 17 heavy (non-hydrogen) atoms. The zero-order valence-electron chi connectivity index (χ0n) is 10.7. The Balaban J connectivity index is 2.05. The predicted molar refractivity (Wildman–Crippen MR) is 65.7 cm³/mol. The number of nitrogens with zero attached hydrogens (tertiary/aromatic N) is 3. The van der Waals surface area contributed by atoms with Crippen LogP contribution in [0.3, 0.4) is 0 Å². The first-order valence-electron chi connectivity index (χ1n) is 6.08. The molecule has 1 aliphatic heterocycles. The quantitative estimate of drug-likeness (QED) is 0.813. The largest absolute Gasteiger partial charge is 0.337 e. The fraction of sp³-hybridized carbons (Fsp3) is 0.667. The highest BCUT2D eigenvalue weighted by Gasteiger charge is 2.28. The molecule has 1 amide bonds. The van der Waals surface area contributed by atoms with Gasteiger partial charge in [-0.15, -0.1) is 0 Å². The number of hydrogen-bond acceptors (Lipinski definition) is 3. The number of carbonyl (C=O) groups is 1. The minimum atomic E-state index is 0.0893. The highest BCUT2D eigenvalue weighted by Crippen LogP contribution is 2.18. The summed E-state index contributed by atoms with van der Waals surface area (Å²) in [5, 5.41) is 7.34. The zero-order valence-corrected chi connectivity index (χ0v) is 10.7. The minimum Gasteiger partial charge on any atom is -0.337 e. The zero-order chi connectivity index (χ0) is 12.4. The van der Waals surface area contributed by atoms with Gasteiger partial charge in [-0.2, -0.15) is 5.10 Å². The maximum Gasteiger partial charge on any atom is 0.272 e. The van der Waals surface area contributed by atoms with Gasteiger partial charge in [0.05, 0.1) is 0 Å². The maximum absolute atomic E-state index is 12.3. The van der Waals surface area contributed by atoms with E-state index in [0.717, 1.165) is 19.5 Å². The Morgan fingerprint density at radius 1 is 1.59 bits per heavy atom. The first kappa shape index (κ1) is 12.1. The van der Waals surface area contributed by atoms with Gasteiger partial charge in [-0.1, -0.05) is 6.92 Å². The van der Waals surface area contributed by atoms with Crippen LogP contribution in [0.2, 0.25) is 0 Å². The summed E-state index contributed by atoms with van der Waals surface area (Å²) < 4.78 is 1.64. The van der Waals surface area contributed by atoms with E-state index in [0.29, 0.717) is 17.7 Å². The average molecular weight is 236 g/mol. The first-order valence-corrected chi connectivity index (χ1v) is 6.08. The van der Waals surface area contributed by atoms with Crippen molar-refractivity contribution in [2.75, 3.05) is 20.1 Å². The van der Waals surface area contributed by atoms with E-state index in [1.165, 1.54) is 0 Å². The van der Waals surface area contributed by atoms with Gasteiger partial charge in [0.25, 0.3) is 5.91 Å². The minimum absolute atomic E-state index is 0.0893. The summed E-state index contributed by atoms with van der Waals surface area (Å²) in [5.74, 6) is 0.581. The van der Waals surface area contributed by atoms with Gasteiger partial charge in [-0.25, -0.2) is 0 Å². The number of aromatic nitrogens is 2. The second-order valence-corrected chi connectivity index (χ2v) is 4.75. The van der Waals surface area contributed by atoms with E-state index in [1.807, 2.05) is 11.9 Å². The van der Waals surface area contributed by atoms with Crippen molar-refractivity contribution in [2.45, 2.75) is 19.4 Å². The Kier molecular flexibility index (Phi) is 3.47.